The third-order valence-corrected chi connectivity index (χ3v) is 3.36. The maximum atomic E-state index is 13.7. The van der Waals surface area contributed by atoms with Crippen LogP contribution < -0.4 is 20.1 Å². The lowest BCUT2D eigenvalue weighted by Gasteiger charge is -2.16. The van der Waals surface area contributed by atoms with E-state index in [2.05, 4.69) is 15.4 Å². The highest BCUT2D eigenvalue weighted by Gasteiger charge is 2.12. The predicted molar refractivity (Wildman–Crippen MR) is 86.6 cm³/mol. The number of ether oxygens (including phenoxy) is 2. The van der Waals surface area contributed by atoms with E-state index in [1.54, 1.807) is 13.0 Å². The van der Waals surface area contributed by atoms with Gasteiger partial charge in [0.05, 0.1) is 13.2 Å². The second-order valence-electron chi connectivity index (χ2n) is 5.12. The number of amides is 2. The van der Waals surface area contributed by atoms with Crippen LogP contribution in [-0.4, -0.2) is 19.8 Å². The van der Waals surface area contributed by atoms with Crippen molar-refractivity contribution in [2.24, 2.45) is 0 Å². The zero-order valence-corrected chi connectivity index (χ0v) is 13.6. The van der Waals surface area contributed by atoms with E-state index >= 15 is 0 Å². The van der Waals surface area contributed by atoms with Gasteiger partial charge in [-0.3, -0.25) is 0 Å². The van der Waals surface area contributed by atoms with E-state index in [0.29, 0.717) is 11.3 Å². The number of rotatable bonds is 6. The molecule has 134 valence electrons. The number of alkyl halides is 2. The van der Waals surface area contributed by atoms with E-state index in [1.165, 1.54) is 43.5 Å². The summed E-state index contributed by atoms with van der Waals surface area (Å²) in [6.45, 7) is -1.21. The number of urea groups is 1. The van der Waals surface area contributed by atoms with Crippen molar-refractivity contribution in [1.29, 1.82) is 0 Å². The minimum atomic E-state index is -2.91. The Hall–Kier alpha value is -2.90. The SMILES string of the molecule is COc1ccc(C(C)NC(=O)Nc2ccc(OC(F)F)cc2)cc1F. The van der Waals surface area contributed by atoms with Crippen LogP contribution >= 0.6 is 0 Å². The molecule has 0 spiro atoms. The molecule has 0 aliphatic heterocycles. The topological polar surface area (TPSA) is 59.6 Å². The van der Waals surface area contributed by atoms with Crippen molar-refractivity contribution in [3.8, 4) is 11.5 Å². The summed E-state index contributed by atoms with van der Waals surface area (Å²) in [4.78, 5) is 12.0. The summed E-state index contributed by atoms with van der Waals surface area (Å²) in [6, 6.07) is 8.89. The van der Waals surface area contributed by atoms with Gasteiger partial charge in [0.1, 0.15) is 5.75 Å². The molecule has 5 nitrogen and oxygen atoms in total. The fraction of sp³-hybridized carbons (Fsp3) is 0.235. The van der Waals surface area contributed by atoms with Crippen LogP contribution in [0.3, 0.4) is 0 Å². The van der Waals surface area contributed by atoms with E-state index in [1.807, 2.05) is 0 Å². The van der Waals surface area contributed by atoms with E-state index in [-0.39, 0.29) is 11.5 Å². The zero-order valence-electron chi connectivity index (χ0n) is 13.6. The maximum absolute atomic E-state index is 13.7. The van der Waals surface area contributed by atoms with Crippen molar-refractivity contribution in [2.45, 2.75) is 19.6 Å². The smallest absolute Gasteiger partial charge is 0.387 e. The second-order valence-corrected chi connectivity index (χ2v) is 5.12. The van der Waals surface area contributed by atoms with Crippen molar-refractivity contribution in [2.75, 3.05) is 12.4 Å². The molecule has 1 unspecified atom stereocenters. The summed E-state index contributed by atoms with van der Waals surface area (Å²) in [6.07, 6.45) is 0. The third-order valence-electron chi connectivity index (χ3n) is 3.36. The molecule has 1 atom stereocenters. The van der Waals surface area contributed by atoms with E-state index in [4.69, 9.17) is 4.74 Å². The lowest BCUT2D eigenvalue weighted by Crippen LogP contribution is -2.31. The van der Waals surface area contributed by atoms with Crippen molar-refractivity contribution >= 4 is 11.7 Å². The van der Waals surface area contributed by atoms with Gasteiger partial charge in [-0.25, -0.2) is 9.18 Å². The third kappa shape index (κ3) is 5.30. The first kappa shape index (κ1) is 18.4. The molecule has 0 heterocycles. The Labute approximate surface area is 142 Å². The number of carbonyl (C=O) groups is 1. The van der Waals surface area contributed by atoms with E-state index in [0.717, 1.165) is 0 Å². The number of anilines is 1. The first-order valence-corrected chi connectivity index (χ1v) is 7.35. The highest BCUT2D eigenvalue weighted by Crippen LogP contribution is 2.22. The van der Waals surface area contributed by atoms with Gasteiger partial charge in [-0.2, -0.15) is 8.78 Å². The summed E-state index contributed by atoms with van der Waals surface area (Å²) in [5.41, 5.74) is 0.960. The Morgan fingerprint density at radius 1 is 1.12 bits per heavy atom. The Bertz CT molecular complexity index is 724. The molecule has 2 aromatic carbocycles. The first-order valence-electron chi connectivity index (χ1n) is 7.35. The van der Waals surface area contributed by atoms with Crippen molar-refractivity contribution in [3.05, 3.63) is 53.8 Å². The molecule has 0 aliphatic carbocycles. The number of nitrogens with one attached hydrogen (secondary N) is 2. The zero-order chi connectivity index (χ0) is 18.4. The fourth-order valence-electron chi connectivity index (χ4n) is 2.12. The fourth-order valence-corrected chi connectivity index (χ4v) is 2.12. The standard InChI is InChI=1S/C17H17F3N2O3/c1-10(11-3-8-15(24-2)14(18)9-11)21-17(23)22-12-4-6-13(7-5-12)25-16(19)20/h3-10,16H,1-2H3,(H2,21,22,23). The average Bonchev–Trinajstić information content (AvgIpc) is 2.56. The molecule has 0 saturated carbocycles. The lowest BCUT2D eigenvalue weighted by atomic mass is 10.1. The summed E-state index contributed by atoms with van der Waals surface area (Å²) in [5.74, 6) is -0.418. The minimum Gasteiger partial charge on any atom is -0.494 e. The predicted octanol–water partition coefficient (Wildman–Crippen LogP) is 4.32. The normalized spacial score (nSPS) is 11.8. The van der Waals surface area contributed by atoms with E-state index in [9.17, 15) is 18.0 Å². The number of hydrogen-bond acceptors (Lipinski definition) is 3. The van der Waals surface area contributed by atoms with Gasteiger partial charge in [0.15, 0.2) is 11.6 Å². The first-order chi connectivity index (χ1) is 11.9. The summed E-state index contributed by atoms with van der Waals surface area (Å²) >= 11 is 0. The Morgan fingerprint density at radius 3 is 2.36 bits per heavy atom. The van der Waals surface area contributed by atoms with Crippen molar-refractivity contribution in [1.82, 2.24) is 5.32 Å². The molecule has 0 saturated heterocycles. The van der Waals surface area contributed by atoms with Crippen molar-refractivity contribution in [3.63, 3.8) is 0 Å². The van der Waals surface area contributed by atoms with Crippen LogP contribution in [0.2, 0.25) is 0 Å². The number of benzene rings is 2. The molecule has 8 heteroatoms. The monoisotopic (exact) mass is 354 g/mol. The quantitative estimate of drug-likeness (QED) is 0.812. The molecular weight excluding hydrogens is 337 g/mol. The van der Waals surface area contributed by atoms with Crippen LogP contribution in [0.15, 0.2) is 42.5 Å². The molecule has 2 N–H and O–H groups in total. The number of halogens is 3. The molecule has 25 heavy (non-hydrogen) atoms. The van der Waals surface area contributed by atoms with Crippen LogP contribution in [0.1, 0.15) is 18.5 Å². The van der Waals surface area contributed by atoms with Crippen molar-refractivity contribution < 1.29 is 27.4 Å². The number of hydrogen-bond donors (Lipinski definition) is 2. The van der Waals surface area contributed by atoms with Gasteiger partial charge in [-0.15, -0.1) is 0 Å². The van der Waals surface area contributed by atoms with Gasteiger partial charge < -0.3 is 20.1 Å². The number of carbonyl (C=O) groups excluding carboxylic acids is 1. The molecule has 0 fully saturated rings. The highest BCUT2D eigenvalue weighted by atomic mass is 19.3. The largest absolute Gasteiger partial charge is 0.494 e. The molecule has 0 aliphatic rings. The highest BCUT2D eigenvalue weighted by molar-refractivity contribution is 5.89. The molecule has 2 amide bonds. The Balaban J connectivity index is 1.94. The molecule has 0 aromatic heterocycles. The summed E-state index contributed by atoms with van der Waals surface area (Å²) in [7, 11) is 1.37. The summed E-state index contributed by atoms with van der Waals surface area (Å²) in [5, 5.41) is 5.20. The van der Waals surface area contributed by atoms with Crippen LogP contribution in [0, 0.1) is 5.82 Å². The van der Waals surface area contributed by atoms with Gasteiger partial charge in [0, 0.05) is 5.69 Å². The van der Waals surface area contributed by atoms with Gasteiger partial charge in [-0.1, -0.05) is 6.07 Å². The average molecular weight is 354 g/mol. The number of methoxy groups -OCH3 is 1. The summed E-state index contributed by atoms with van der Waals surface area (Å²) < 4.78 is 46.9. The van der Waals surface area contributed by atoms with Gasteiger partial charge in [0.2, 0.25) is 0 Å². The van der Waals surface area contributed by atoms with Crippen LogP contribution in [0.4, 0.5) is 23.7 Å². The maximum Gasteiger partial charge on any atom is 0.387 e. The molecule has 0 bridgehead atoms. The van der Waals surface area contributed by atoms with Gasteiger partial charge >= 0.3 is 12.6 Å². The lowest BCUT2D eigenvalue weighted by molar-refractivity contribution is -0.0498. The van der Waals surface area contributed by atoms with Crippen LogP contribution in [0.5, 0.6) is 11.5 Å². The Kier molecular flexibility index (Phi) is 6.10. The van der Waals surface area contributed by atoms with Gasteiger partial charge in [0.25, 0.3) is 0 Å². The van der Waals surface area contributed by atoms with Crippen LogP contribution in [-0.2, 0) is 0 Å². The molecule has 2 aromatic rings. The molecular formula is C17H17F3N2O3. The second kappa shape index (κ2) is 8.27. The minimum absolute atomic E-state index is 0.0111. The van der Waals surface area contributed by atoms with Crippen LogP contribution in [0.25, 0.3) is 0 Å². The van der Waals surface area contributed by atoms with E-state index < -0.39 is 24.5 Å². The molecule has 2 rings (SSSR count). The van der Waals surface area contributed by atoms with Gasteiger partial charge in [-0.05, 0) is 48.9 Å². The Morgan fingerprint density at radius 2 is 1.80 bits per heavy atom. The molecule has 0 radical (unpaired) electrons.